The Bertz CT molecular complexity index is 1520. The summed E-state index contributed by atoms with van der Waals surface area (Å²) in [5.41, 5.74) is 4.52. The number of anilines is 1. The monoisotopic (exact) mass is 486 g/mol. The SMILES string of the molecule is CCNc1nccc(-c2c(-c3ccc(F)cc3)nc3n2C(Cn2ccc4c(Cl)cccc42)CC3)n1. The van der Waals surface area contributed by atoms with Crippen molar-refractivity contribution in [1.82, 2.24) is 24.1 Å². The minimum absolute atomic E-state index is 0.189. The van der Waals surface area contributed by atoms with Gasteiger partial charge in [0.05, 0.1) is 23.1 Å². The molecule has 1 unspecified atom stereocenters. The van der Waals surface area contributed by atoms with Crippen molar-refractivity contribution in [3.05, 3.63) is 83.7 Å². The van der Waals surface area contributed by atoms with Crippen LogP contribution in [0.2, 0.25) is 5.02 Å². The van der Waals surface area contributed by atoms with Crippen molar-refractivity contribution in [2.45, 2.75) is 32.4 Å². The highest BCUT2D eigenvalue weighted by molar-refractivity contribution is 6.35. The highest BCUT2D eigenvalue weighted by Gasteiger charge is 2.31. The van der Waals surface area contributed by atoms with E-state index in [0.717, 1.165) is 70.3 Å². The average Bonchev–Trinajstić information content (AvgIpc) is 3.56. The minimum Gasteiger partial charge on any atom is -0.354 e. The molecule has 1 aliphatic heterocycles. The van der Waals surface area contributed by atoms with Crippen LogP contribution >= 0.6 is 11.6 Å². The summed E-state index contributed by atoms with van der Waals surface area (Å²) >= 11 is 6.42. The topological polar surface area (TPSA) is 60.6 Å². The number of nitrogens with one attached hydrogen (secondary N) is 1. The smallest absolute Gasteiger partial charge is 0.223 e. The standard InChI is InChI=1S/C27H24ClFN6/c1-2-30-27-31-14-12-22(32-27)26-25(17-6-8-18(29)9-7-17)33-24-11-10-19(35(24)26)16-34-15-13-20-21(28)4-3-5-23(20)34/h3-9,12-15,19H,2,10-11,16H2,1H3,(H,30,31,32). The fraction of sp³-hybridized carbons (Fsp3) is 0.222. The molecule has 1 N–H and O–H groups in total. The first-order chi connectivity index (χ1) is 17.1. The van der Waals surface area contributed by atoms with Crippen molar-refractivity contribution >= 4 is 28.5 Å². The van der Waals surface area contributed by atoms with Crippen molar-refractivity contribution in [3.63, 3.8) is 0 Å². The number of fused-ring (bicyclic) bond motifs is 2. The molecule has 0 bridgehead atoms. The lowest BCUT2D eigenvalue weighted by Crippen LogP contribution is -2.14. The lowest BCUT2D eigenvalue weighted by atomic mass is 10.1. The van der Waals surface area contributed by atoms with E-state index in [1.165, 1.54) is 12.1 Å². The van der Waals surface area contributed by atoms with E-state index < -0.39 is 0 Å². The molecule has 0 radical (unpaired) electrons. The predicted molar refractivity (Wildman–Crippen MR) is 137 cm³/mol. The maximum atomic E-state index is 13.7. The Morgan fingerprint density at radius 3 is 2.77 bits per heavy atom. The largest absolute Gasteiger partial charge is 0.354 e. The van der Waals surface area contributed by atoms with E-state index in [0.29, 0.717) is 5.95 Å². The van der Waals surface area contributed by atoms with Crippen LogP contribution in [0, 0.1) is 5.82 Å². The third-order valence-corrected chi connectivity index (χ3v) is 6.90. The summed E-state index contributed by atoms with van der Waals surface area (Å²) in [6.45, 7) is 3.53. The number of halogens is 2. The van der Waals surface area contributed by atoms with Crippen molar-refractivity contribution < 1.29 is 4.39 Å². The molecule has 0 aliphatic carbocycles. The summed E-state index contributed by atoms with van der Waals surface area (Å²) in [5.74, 6) is 1.32. The molecule has 1 atom stereocenters. The van der Waals surface area contributed by atoms with Gasteiger partial charge >= 0.3 is 0 Å². The lowest BCUT2D eigenvalue weighted by Gasteiger charge is -2.19. The number of aryl methyl sites for hydroxylation is 1. The average molecular weight is 487 g/mol. The maximum Gasteiger partial charge on any atom is 0.223 e. The Balaban J connectivity index is 1.48. The number of benzene rings is 2. The van der Waals surface area contributed by atoms with Gasteiger partial charge < -0.3 is 14.5 Å². The zero-order chi connectivity index (χ0) is 23.9. The summed E-state index contributed by atoms with van der Waals surface area (Å²) in [6, 6.07) is 16.7. The number of nitrogens with zero attached hydrogens (tertiary/aromatic N) is 5. The van der Waals surface area contributed by atoms with Crippen LogP contribution in [0.1, 0.15) is 25.2 Å². The first-order valence-electron chi connectivity index (χ1n) is 11.8. The molecule has 4 heterocycles. The highest BCUT2D eigenvalue weighted by Crippen LogP contribution is 2.40. The Morgan fingerprint density at radius 2 is 1.94 bits per heavy atom. The van der Waals surface area contributed by atoms with Gasteiger partial charge in [0.15, 0.2) is 0 Å². The fourth-order valence-electron chi connectivity index (χ4n) is 5.01. The third-order valence-electron chi connectivity index (χ3n) is 6.57. The molecule has 0 fully saturated rings. The van der Waals surface area contributed by atoms with E-state index >= 15 is 0 Å². The summed E-state index contributed by atoms with van der Waals surface area (Å²) in [6.07, 6.45) is 5.70. The molecule has 6 nitrogen and oxygen atoms in total. The van der Waals surface area contributed by atoms with Gasteiger partial charge in [-0.15, -0.1) is 0 Å². The van der Waals surface area contributed by atoms with Gasteiger partial charge in [0.1, 0.15) is 11.6 Å². The molecule has 1 aliphatic rings. The van der Waals surface area contributed by atoms with E-state index in [9.17, 15) is 4.39 Å². The molecule has 35 heavy (non-hydrogen) atoms. The van der Waals surface area contributed by atoms with Gasteiger partial charge in [0.2, 0.25) is 5.95 Å². The van der Waals surface area contributed by atoms with Crippen molar-refractivity contribution in [2.75, 3.05) is 11.9 Å². The number of hydrogen-bond acceptors (Lipinski definition) is 4. The molecule has 5 aromatic rings. The fourth-order valence-corrected chi connectivity index (χ4v) is 5.24. The molecule has 6 rings (SSSR count). The first kappa shape index (κ1) is 21.8. The Kier molecular flexibility index (Phi) is 5.49. The molecule has 176 valence electrons. The van der Waals surface area contributed by atoms with Gasteiger partial charge in [-0.2, -0.15) is 0 Å². The number of hydrogen-bond donors (Lipinski definition) is 1. The quantitative estimate of drug-likeness (QED) is 0.303. The van der Waals surface area contributed by atoms with Crippen LogP contribution < -0.4 is 5.32 Å². The highest BCUT2D eigenvalue weighted by atomic mass is 35.5. The van der Waals surface area contributed by atoms with E-state index in [4.69, 9.17) is 21.6 Å². The minimum atomic E-state index is -0.269. The third kappa shape index (κ3) is 3.86. The number of imidazole rings is 1. The van der Waals surface area contributed by atoms with Gasteiger partial charge in [0, 0.05) is 53.4 Å². The first-order valence-corrected chi connectivity index (χ1v) is 12.2. The van der Waals surface area contributed by atoms with Gasteiger partial charge in [-0.25, -0.2) is 19.3 Å². The van der Waals surface area contributed by atoms with Crippen LogP contribution in [0.5, 0.6) is 0 Å². The second-order valence-corrected chi connectivity index (χ2v) is 9.14. The van der Waals surface area contributed by atoms with Gasteiger partial charge in [0.25, 0.3) is 0 Å². The van der Waals surface area contributed by atoms with Crippen LogP contribution in [0.25, 0.3) is 33.5 Å². The van der Waals surface area contributed by atoms with Crippen LogP contribution in [-0.2, 0) is 13.0 Å². The van der Waals surface area contributed by atoms with E-state index in [2.05, 4.69) is 37.8 Å². The van der Waals surface area contributed by atoms with E-state index in [-0.39, 0.29) is 11.9 Å². The zero-order valence-electron chi connectivity index (χ0n) is 19.2. The number of aromatic nitrogens is 5. The summed E-state index contributed by atoms with van der Waals surface area (Å²) < 4.78 is 18.3. The second kappa shape index (κ2) is 8.82. The molecular weight excluding hydrogens is 463 g/mol. The molecule has 0 amide bonds. The van der Waals surface area contributed by atoms with Crippen molar-refractivity contribution in [3.8, 4) is 22.6 Å². The summed E-state index contributed by atoms with van der Waals surface area (Å²) in [5, 5.41) is 5.01. The van der Waals surface area contributed by atoms with Crippen LogP contribution in [0.4, 0.5) is 10.3 Å². The summed E-state index contributed by atoms with van der Waals surface area (Å²) in [7, 11) is 0. The van der Waals surface area contributed by atoms with Gasteiger partial charge in [-0.3, -0.25) is 0 Å². The molecule has 2 aromatic carbocycles. The summed E-state index contributed by atoms with van der Waals surface area (Å²) in [4.78, 5) is 14.2. The molecule has 0 saturated carbocycles. The molecular formula is C27H24ClFN6. The molecule has 0 saturated heterocycles. The van der Waals surface area contributed by atoms with Crippen LogP contribution in [0.3, 0.4) is 0 Å². The number of rotatable bonds is 6. The van der Waals surface area contributed by atoms with Crippen molar-refractivity contribution in [1.29, 1.82) is 0 Å². The van der Waals surface area contributed by atoms with Gasteiger partial charge in [-0.1, -0.05) is 17.7 Å². The van der Waals surface area contributed by atoms with Crippen LogP contribution in [0.15, 0.2) is 67.0 Å². The predicted octanol–water partition coefficient (Wildman–Crippen LogP) is 6.37. The lowest BCUT2D eigenvalue weighted by molar-refractivity contribution is 0.459. The Hall–Kier alpha value is -3.71. The normalized spacial score (nSPS) is 15.0. The van der Waals surface area contributed by atoms with Crippen LogP contribution in [-0.4, -0.2) is 30.6 Å². The molecule has 3 aromatic heterocycles. The maximum absolute atomic E-state index is 13.7. The molecule has 8 heteroatoms. The Labute approximate surface area is 207 Å². The van der Waals surface area contributed by atoms with E-state index in [1.54, 1.807) is 18.3 Å². The second-order valence-electron chi connectivity index (χ2n) is 8.73. The zero-order valence-corrected chi connectivity index (χ0v) is 20.0. The van der Waals surface area contributed by atoms with Gasteiger partial charge in [-0.05, 0) is 61.9 Å². The molecule has 0 spiro atoms. The van der Waals surface area contributed by atoms with E-state index in [1.807, 2.05) is 25.1 Å². The van der Waals surface area contributed by atoms with Crippen molar-refractivity contribution in [2.24, 2.45) is 0 Å². The Morgan fingerprint density at radius 1 is 1.09 bits per heavy atom.